The van der Waals surface area contributed by atoms with Crippen molar-refractivity contribution < 1.29 is 24.6 Å². The van der Waals surface area contributed by atoms with Crippen molar-refractivity contribution in [3.63, 3.8) is 0 Å². The number of fused-ring (bicyclic) bond motifs is 1. The van der Waals surface area contributed by atoms with E-state index < -0.39 is 41.3 Å². The second-order valence-electron chi connectivity index (χ2n) is 9.39. The van der Waals surface area contributed by atoms with Gasteiger partial charge in [0.15, 0.2) is 0 Å². The lowest BCUT2D eigenvalue weighted by atomic mass is 9.72. The fourth-order valence-electron chi connectivity index (χ4n) is 5.61. The molecular weight excluding hydrogens is 466 g/mol. The molecule has 0 bridgehead atoms. The lowest BCUT2D eigenvalue weighted by Gasteiger charge is -2.38. The summed E-state index contributed by atoms with van der Waals surface area (Å²) < 4.78 is 0. The minimum absolute atomic E-state index is 0.284. The third kappa shape index (κ3) is 3.65. The van der Waals surface area contributed by atoms with E-state index in [1.165, 1.54) is 6.92 Å². The number of halogens is 1. The molecule has 2 N–H and O–H groups in total. The van der Waals surface area contributed by atoms with Crippen LogP contribution in [0.15, 0.2) is 72.8 Å². The molecule has 1 saturated carbocycles. The second kappa shape index (κ2) is 8.63. The molecule has 3 aromatic carbocycles. The Morgan fingerprint density at radius 1 is 0.914 bits per heavy atom. The van der Waals surface area contributed by atoms with Gasteiger partial charge in [0.25, 0.3) is 11.8 Å². The summed E-state index contributed by atoms with van der Waals surface area (Å²) in [4.78, 5) is 39.9. The summed E-state index contributed by atoms with van der Waals surface area (Å²) in [5, 5.41) is 22.2. The summed E-state index contributed by atoms with van der Waals surface area (Å²) in [6.07, 6.45) is -0.407. The number of benzene rings is 3. The second-order valence-corrected chi connectivity index (χ2v) is 9.82. The van der Waals surface area contributed by atoms with Gasteiger partial charge in [0.1, 0.15) is 0 Å². The summed E-state index contributed by atoms with van der Waals surface area (Å²) in [5.41, 5.74) is 1.55. The molecule has 2 aliphatic rings. The molecule has 35 heavy (non-hydrogen) atoms. The Bertz CT molecular complexity index is 1280. The monoisotopic (exact) mass is 489 g/mol. The number of carboxylic acid groups (broad SMARTS) is 1. The number of aliphatic hydroxyl groups excluding tert-OH is 1. The van der Waals surface area contributed by atoms with Crippen LogP contribution in [0.5, 0.6) is 0 Å². The maximum Gasteiger partial charge on any atom is 0.311 e. The van der Waals surface area contributed by atoms with Gasteiger partial charge in [0.05, 0.1) is 28.7 Å². The molecule has 1 heterocycles. The average Bonchev–Trinajstić information content (AvgIpc) is 3.33. The highest BCUT2D eigenvalue weighted by molar-refractivity contribution is 6.30. The zero-order valence-corrected chi connectivity index (χ0v) is 19.8. The third-order valence-corrected chi connectivity index (χ3v) is 7.87. The third-order valence-electron chi connectivity index (χ3n) is 7.62. The number of carbonyl (C=O) groups is 3. The quantitative estimate of drug-likeness (QED) is 0.480. The number of nitrogens with zero attached hydrogens (tertiary/aromatic N) is 1. The topological polar surface area (TPSA) is 94.9 Å². The van der Waals surface area contributed by atoms with E-state index in [0.717, 1.165) is 16.0 Å². The molecule has 0 saturated heterocycles. The van der Waals surface area contributed by atoms with E-state index >= 15 is 0 Å². The van der Waals surface area contributed by atoms with Gasteiger partial charge in [-0.15, -0.1) is 0 Å². The van der Waals surface area contributed by atoms with Gasteiger partial charge in [-0.05, 0) is 60.7 Å². The first-order valence-corrected chi connectivity index (χ1v) is 11.9. The van der Waals surface area contributed by atoms with Crippen LogP contribution in [0, 0.1) is 11.3 Å². The molecule has 2 amide bonds. The van der Waals surface area contributed by atoms with Crippen molar-refractivity contribution in [1.29, 1.82) is 0 Å². The largest absolute Gasteiger partial charge is 0.481 e. The van der Waals surface area contributed by atoms with Gasteiger partial charge in [-0.2, -0.15) is 0 Å². The summed E-state index contributed by atoms with van der Waals surface area (Å²) in [7, 11) is 0. The number of carboxylic acids is 1. The number of rotatable bonds is 5. The molecule has 3 aromatic rings. The Morgan fingerprint density at radius 2 is 1.43 bits per heavy atom. The van der Waals surface area contributed by atoms with Crippen LogP contribution < -0.4 is 0 Å². The van der Waals surface area contributed by atoms with Crippen LogP contribution in [0.4, 0.5) is 0 Å². The molecule has 4 unspecified atom stereocenters. The number of aliphatic carboxylic acids is 1. The number of hydrogen-bond donors (Lipinski definition) is 2. The highest BCUT2D eigenvalue weighted by Crippen LogP contribution is 2.52. The Hall–Kier alpha value is -3.48. The molecule has 6 nitrogen and oxygen atoms in total. The predicted molar refractivity (Wildman–Crippen MR) is 131 cm³/mol. The van der Waals surface area contributed by atoms with Gasteiger partial charge in [-0.1, -0.05) is 60.1 Å². The minimum Gasteiger partial charge on any atom is -0.481 e. The van der Waals surface area contributed by atoms with E-state index in [0.29, 0.717) is 23.4 Å². The normalized spacial score (nSPS) is 24.5. The molecular formula is C28H24ClNO5. The molecule has 0 radical (unpaired) electrons. The van der Waals surface area contributed by atoms with E-state index in [-0.39, 0.29) is 11.1 Å². The maximum atomic E-state index is 13.1. The van der Waals surface area contributed by atoms with Gasteiger partial charge in [0, 0.05) is 10.9 Å². The Labute approximate surface area is 207 Å². The van der Waals surface area contributed by atoms with E-state index in [4.69, 9.17) is 11.6 Å². The van der Waals surface area contributed by atoms with E-state index in [1.807, 2.05) is 24.3 Å². The van der Waals surface area contributed by atoms with Crippen LogP contribution in [0.2, 0.25) is 5.02 Å². The first-order valence-electron chi connectivity index (χ1n) is 11.5. The van der Waals surface area contributed by atoms with Gasteiger partial charge in [-0.3, -0.25) is 19.3 Å². The van der Waals surface area contributed by atoms with Crippen molar-refractivity contribution >= 4 is 29.4 Å². The smallest absolute Gasteiger partial charge is 0.311 e. The van der Waals surface area contributed by atoms with Crippen LogP contribution in [-0.4, -0.2) is 38.9 Å². The van der Waals surface area contributed by atoms with Crippen LogP contribution in [-0.2, 0) is 4.79 Å². The number of hydrogen-bond acceptors (Lipinski definition) is 4. The van der Waals surface area contributed by atoms with Crippen molar-refractivity contribution in [1.82, 2.24) is 4.90 Å². The number of carbonyl (C=O) groups excluding carboxylic acids is 2. The van der Waals surface area contributed by atoms with Crippen molar-refractivity contribution in [2.24, 2.45) is 11.3 Å². The number of aliphatic hydroxyl groups is 1. The Balaban J connectivity index is 1.44. The minimum atomic E-state index is -1.51. The number of amides is 2. The molecule has 4 atom stereocenters. The SMILES string of the molecule is CC1(C(=O)O)C(C(O)c2ccc(-c3ccc(Cl)cc3)cc2)CCC1N1C(=O)c2ccccc2C1=O. The van der Waals surface area contributed by atoms with Crippen molar-refractivity contribution in [2.75, 3.05) is 0 Å². The Morgan fingerprint density at radius 3 is 1.94 bits per heavy atom. The van der Waals surface area contributed by atoms with Gasteiger partial charge in [-0.25, -0.2) is 0 Å². The standard InChI is InChI=1S/C28H24ClNO5/c1-28(27(34)35)22(14-15-23(28)30-25(32)20-4-2-3-5-21(20)26(30)33)24(31)18-8-6-16(7-9-18)17-10-12-19(29)13-11-17/h2-13,22-24,31H,14-15H2,1H3,(H,34,35). The molecule has 7 heteroatoms. The van der Waals surface area contributed by atoms with Crippen molar-refractivity contribution in [2.45, 2.75) is 31.9 Å². The zero-order valence-electron chi connectivity index (χ0n) is 19.0. The van der Waals surface area contributed by atoms with E-state index in [9.17, 15) is 24.6 Å². The lowest BCUT2D eigenvalue weighted by molar-refractivity contribution is -0.155. The first kappa shape index (κ1) is 23.3. The van der Waals surface area contributed by atoms with Gasteiger partial charge >= 0.3 is 5.97 Å². The maximum absolute atomic E-state index is 13.1. The summed E-state index contributed by atoms with van der Waals surface area (Å²) >= 11 is 5.97. The van der Waals surface area contributed by atoms with Crippen LogP contribution in [0.25, 0.3) is 11.1 Å². The van der Waals surface area contributed by atoms with Gasteiger partial charge in [0.2, 0.25) is 0 Å². The predicted octanol–water partition coefficient (Wildman–Crippen LogP) is 5.21. The van der Waals surface area contributed by atoms with Crippen molar-refractivity contribution in [3.8, 4) is 11.1 Å². The zero-order chi connectivity index (χ0) is 24.9. The van der Waals surface area contributed by atoms with Crippen LogP contribution in [0.1, 0.15) is 52.1 Å². The molecule has 1 aliphatic carbocycles. The molecule has 0 spiro atoms. The van der Waals surface area contributed by atoms with E-state index in [1.54, 1.807) is 48.5 Å². The molecule has 0 aromatic heterocycles. The molecule has 5 rings (SSSR count). The van der Waals surface area contributed by atoms with Crippen LogP contribution in [0.3, 0.4) is 0 Å². The van der Waals surface area contributed by atoms with E-state index in [2.05, 4.69) is 0 Å². The highest BCUT2D eigenvalue weighted by Gasteiger charge is 2.60. The van der Waals surface area contributed by atoms with Crippen molar-refractivity contribution in [3.05, 3.63) is 94.5 Å². The fourth-order valence-corrected chi connectivity index (χ4v) is 5.73. The highest BCUT2D eigenvalue weighted by atomic mass is 35.5. The average molecular weight is 490 g/mol. The fraction of sp³-hybridized carbons (Fsp3) is 0.250. The lowest BCUT2D eigenvalue weighted by Crippen LogP contribution is -2.52. The van der Waals surface area contributed by atoms with Gasteiger partial charge < -0.3 is 10.2 Å². The summed E-state index contributed by atoms with van der Waals surface area (Å²) in [6.45, 7) is 1.53. The van der Waals surface area contributed by atoms with Crippen LogP contribution >= 0.6 is 11.6 Å². The molecule has 1 fully saturated rings. The molecule has 178 valence electrons. The number of imide groups is 1. The first-order chi connectivity index (χ1) is 16.7. The molecule has 1 aliphatic heterocycles. The summed E-state index contributed by atoms with van der Waals surface area (Å²) in [6, 6.07) is 20.4. The summed E-state index contributed by atoms with van der Waals surface area (Å²) in [5.74, 6) is -2.79. The Kier molecular flexibility index (Phi) is 5.74.